The van der Waals surface area contributed by atoms with E-state index in [9.17, 15) is 19.1 Å². The van der Waals surface area contributed by atoms with Crippen molar-refractivity contribution in [3.05, 3.63) is 95.3 Å². The summed E-state index contributed by atoms with van der Waals surface area (Å²) in [5.74, 6) is -2.61. The van der Waals surface area contributed by atoms with Crippen LogP contribution in [-0.2, 0) is 16.0 Å². The van der Waals surface area contributed by atoms with Crippen molar-refractivity contribution in [2.45, 2.75) is 12.3 Å². The van der Waals surface area contributed by atoms with Crippen molar-refractivity contribution in [2.75, 3.05) is 13.2 Å². The number of amides is 1. The minimum atomic E-state index is -1.11. The second-order valence-corrected chi connectivity index (χ2v) is 7.54. The molecule has 6 heteroatoms. The Morgan fingerprint density at radius 3 is 2.13 bits per heavy atom. The first-order chi connectivity index (χ1) is 15.0. The Bertz CT molecular complexity index is 1070. The van der Waals surface area contributed by atoms with Gasteiger partial charge in [-0.3, -0.25) is 4.79 Å². The van der Waals surface area contributed by atoms with Crippen LogP contribution in [0.3, 0.4) is 0 Å². The van der Waals surface area contributed by atoms with Crippen LogP contribution >= 0.6 is 0 Å². The molecule has 3 aromatic carbocycles. The molecule has 0 heterocycles. The van der Waals surface area contributed by atoms with Crippen LogP contribution in [0.15, 0.2) is 72.8 Å². The summed E-state index contributed by atoms with van der Waals surface area (Å²) in [5, 5.41) is 12.0. The molecule has 0 bridgehead atoms. The number of hydrogen-bond donors (Lipinski definition) is 2. The maximum Gasteiger partial charge on any atom is 0.407 e. The first-order valence-electron chi connectivity index (χ1n) is 10.1. The van der Waals surface area contributed by atoms with Crippen LogP contribution in [0, 0.1) is 11.7 Å². The summed E-state index contributed by atoms with van der Waals surface area (Å²) in [6.45, 7) is -0.00868. The van der Waals surface area contributed by atoms with Gasteiger partial charge < -0.3 is 15.2 Å². The minimum absolute atomic E-state index is 0.0222. The van der Waals surface area contributed by atoms with Gasteiger partial charge in [-0.15, -0.1) is 0 Å². The van der Waals surface area contributed by atoms with Crippen LogP contribution in [-0.4, -0.2) is 30.3 Å². The molecule has 0 fully saturated rings. The minimum Gasteiger partial charge on any atom is -0.481 e. The summed E-state index contributed by atoms with van der Waals surface area (Å²) in [6, 6.07) is 22.0. The summed E-state index contributed by atoms with van der Waals surface area (Å²) in [6.07, 6.45) is -0.715. The number of carboxylic acids is 1. The second-order valence-electron chi connectivity index (χ2n) is 7.54. The molecule has 1 aliphatic carbocycles. The number of aliphatic carboxylic acids is 1. The summed E-state index contributed by atoms with van der Waals surface area (Å²) in [7, 11) is 0. The highest BCUT2D eigenvalue weighted by atomic mass is 19.1. The van der Waals surface area contributed by atoms with Crippen molar-refractivity contribution in [3.63, 3.8) is 0 Å². The number of alkyl carbamates (subject to hydrolysis) is 1. The molecule has 31 heavy (non-hydrogen) atoms. The van der Waals surface area contributed by atoms with E-state index in [1.165, 1.54) is 6.07 Å². The predicted octanol–water partition coefficient (Wildman–Crippen LogP) is 4.61. The van der Waals surface area contributed by atoms with E-state index in [1.54, 1.807) is 18.2 Å². The van der Waals surface area contributed by atoms with Gasteiger partial charge in [0.1, 0.15) is 12.4 Å². The van der Waals surface area contributed by atoms with E-state index >= 15 is 0 Å². The molecule has 0 saturated heterocycles. The van der Waals surface area contributed by atoms with E-state index in [0.717, 1.165) is 22.3 Å². The summed E-state index contributed by atoms with van der Waals surface area (Å²) in [5.41, 5.74) is 4.74. The van der Waals surface area contributed by atoms with Gasteiger partial charge in [0.15, 0.2) is 0 Å². The average molecular weight is 419 g/mol. The smallest absolute Gasteiger partial charge is 0.407 e. The lowest BCUT2D eigenvalue weighted by molar-refractivity contribution is -0.141. The van der Waals surface area contributed by atoms with Crippen molar-refractivity contribution in [1.29, 1.82) is 0 Å². The van der Waals surface area contributed by atoms with Gasteiger partial charge in [0, 0.05) is 12.5 Å². The van der Waals surface area contributed by atoms with Gasteiger partial charge in [-0.25, -0.2) is 9.18 Å². The molecule has 158 valence electrons. The van der Waals surface area contributed by atoms with Crippen molar-refractivity contribution >= 4 is 12.1 Å². The highest BCUT2D eigenvalue weighted by molar-refractivity contribution is 5.79. The number of ether oxygens (including phenoxy) is 1. The van der Waals surface area contributed by atoms with Crippen LogP contribution in [0.5, 0.6) is 0 Å². The maximum absolute atomic E-state index is 13.8. The van der Waals surface area contributed by atoms with E-state index < -0.39 is 23.8 Å². The Kier molecular flexibility index (Phi) is 5.98. The zero-order valence-corrected chi connectivity index (χ0v) is 16.8. The average Bonchev–Trinajstić information content (AvgIpc) is 3.10. The lowest BCUT2D eigenvalue weighted by Gasteiger charge is -2.16. The molecule has 0 unspecified atom stereocenters. The lowest BCUT2D eigenvalue weighted by Crippen LogP contribution is -2.35. The highest BCUT2D eigenvalue weighted by Crippen LogP contribution is 2.44. The van der Waals surface area contributed by atoms with E-state index in [0.29, 0.717) is 5.56 Å². The van der Waals surface area contributed by atoms with Gasteiger partial charge in [0.2, 0.25) is 0 Å². The molecule has 1 amide bonds. The van der Waals surface area contributed by atoms with Gasteiger partial charge in [-0.05, 0) is 40.3 Å². The van der Waals surface area contributed by atoms with Crippen LogP contribution in [0.2, 0.25) is 0 Å². The number of benzene rings is 3. The van der Waals surface area contributed by atoms with Crippen molar-refractivity contribution < 1.29 is 23.8 Å². The molecular weight excluding hydrogens is 397 g/mol. The first kappa shape index (κ1) is 20.6. The Hall–Kier alpha value is -3.67. The Morgan fingerprint density at radius 2 is 1.52 bits per heavy atom. The third-order valence-corrected chi connectivity index (χ3v) is 5.61. The van der Waals surface area contributed by atoms with Crippen molar-refractivity contribution in [1.82, 2.24) is 5.32 Å². The standard InChI is InChI=1S/C25H22FNO4/c26-23-12-6-1-7-16(23)13-17(24(28)29)14-27-25(30)31-15-22-20-10-4-2-8-18(20)19-9-3-5-11-21(19)22/h1-12,17,22H,13-15H2,(H,27,30)(H,28,29)/t17-/m1/s1. The molecule has 1 aliphatic rings. The van der Waals surface area contributed by atoms with Crippen LogP contribution in [0.25, 0.3) is 11.1 Å². The fraction of sp³-hybridized carbons (Fsp3) is 0.200. The molecule has 4 rings (SSSR count). The molecule has 5 nitrogen and oxygen atoms in total. The summed E-state index contributed by atoms with van der Waals surface area (Å²) >= 11 is 0. The van der Waals surface area contributed by atoms with Crippen LogP contribution < -0.4 is 5.32 Å². The highest BCUT2D eigenvalue weighted by Gasteiger charge is 2.29. The molecule has 1 atom stereocenters. The fourth-order valence-electron chi connectivity index (χ4n) is 4.03. The zero-order chi connectivity index (χ0) is 21.8. The molecule has 0 spiro atoms. The predicted molar refractivity (Wildman–Crippen MR) is 114 cm³/mol. The van der Waals surface area contributed by atoms with Gasteiger partial charge in [-0.1, -0.05) is 66.7 Å². The molecule has 0 saturated carbocycles. The summed E-state index contributed by atoms with van der Waals surface area (Å²) in [4.78, 5) is 23.8. The molecule has 3 aromatic rings. The largest absolute Gasteiger partial charge is 0.481 e. The van der Waals surface area contributed by atoms with E-state index in [-0.39, 0.29) is 25.5 Å². The fourth-order valence-corrected chi connectivity index (χ4v) is 4.03. The molecule has 0 aliphatic heterocycles. The third-order valence-electron chi connectivity index (χ3n) is 5.61. The number of rotatable bonds is 7. The first-order valence-corrected chi connectivity index (χ1v) is 10.1. The number of carbonyl (C=O) groups excluding carboxylic acids is 1. The lowest BCUT2D eigenvalue weighted by atomic mass is 9.98. The number of hydrogen-bond acceptors (Lipinski definition) is 3. The van der Waals surface area contributed by atoms with E-state index in [1.807, 2.05) is 36.4 Å². The Morgan fingerprint density at radius 1 is 0.935 bits per heavy atom. The topological polar surface area (TPSA) is 75.6 Å². The zero-order valence-electron chi connectivity index (χ0n) is 16.8. The second kappa shape index (κ2) is 9.00. The molecule has 0 radical (unpaired) electrons. The number of nitrogens with one attached hydrogen (secondary N) is 1. The number of carbonyl (C=O) groups is 2. The van der Waals surface area contributed by atoms with E-state index in [2.05, 4.69) is 17.4 Å². The molecular formula is C25H22FNO4. The van der Waals surface area contributed by atoms with Gasteiger partial charge >= 0.3 is 12.1 Å². The molecule has 2 N–H and O–H groups in total. The normalized spacial score (nSPS) is 13.2. The monoisotopic (exact) mass is 419 g/mol. The number of fused-ring (bicyclic) bond motifs is 3. The van der Waals surface area contributed by atoms with Gasteiger partial charge in [0.25, 0.3) is 0 Å². The third kappa shape index (κ3) is 4.43. The Labute approximate surface area is 179 Å². The summed E-state index contributed by atoms with van der Waals surface area (Å²) < 4.78 is 19.3. The van der Waals surface area contributed by atoms with Crippen LogP contribution in [0.4, 0.5) is 9.18 Å². The SMILES string of the molecule is O=C(NC[C@@H](Cc1ccccc1F)C(=O)O)OCC1c2ccccc2-c2ccccc21. The van der Waals surface area contributed by atoms with Crippen molar-refractivity contribution in [2.24, 2.45) is 5.92 Å². The van der Waals surface area contributed by atoms with Gasteiger partial charge in [-0.2, -0.15) is 0 Å². The quantitative estimate of drug-likeness (QED) is 0.587. The van der Waals surface area contributed by atoms with Gasteiger partial charge in [0.05, 0.1) is 5.92 Å². The Balaban J connectivity index is 1.37. The van der Waals surface area contributed by atoms with Crippen molar-refractivity contribution in [3.8, 4) is 11.1 Å². The van der Waals surface area contributed by atoms with E-state index in [4.69, 9.17) is 4.74 Å². The van der Waals surface area contributed by atoms with Crippen LogP contribution in [0.1, 0.15) is 22.6 Å². The number of carboxylic acid groups (broad SMARTS) is 1. The number of halogens is 1. The molecule has 0 aromatic heterocycles. The maximum atomic E-state index is 13.8.